The van der Waals surface area contributed by atoms with Gasteiger partial charge in [-0.2, -0.15) is 0 Å². The Labute approximate surface area is 143 Å². The molecule has 3 rings (SSSR count). The van der Waals surface area contributed by atoms with Crippen LogP contribution in [0.25, 0.3) is 0 Å². The second kappa shape index (κ2) is 7.11. The summed E-state index contributed by atoms with van der Waals surface area (Å²) >= 11 is 0. The molecule has 24 heavy (non-hydrogen) atoms. The standard InChI is InChI=1S/C17H24N2O4S/c1-23-15-10-7-12(17(20)18-13-8-9-13)11-16(15)24(21,22)19-14-5-3-2-4-6-14/h7,10-11,13-14,19H,2-6,8-9H2,1H3,(H,18,20). The molecule has 132 valence electrons. The highest BCUT2D eigenvalue weighted by molar-refractivity contribution is 7.89. The molecule has 6 nitrogen and oxygen atoms in total. The van der Waals surface area contributed by atoms with E-state index in [4.69, 9.17) is 4.74 Å². The number of ether oxygens (including phenoxy) is 1. The smallest absolute Gasteiger partial charge is 0.251 e. The van der Waals surface area contributed by atoms with Crippen molar-refractivity contribution >= 4 is 15.9 Å². The van der Waals surface area contributed by atoms with Crippen LogP contribution in [0.15, 0.2) is 23.1 Å². The van der Waals surface area contributed by atoms with Gasteiger partial charge in [-0.1, -0.05) is 19.3 Å². The third-order valence-corrected chi connectivity index (χ3v) is 6.10. The summed E-state index contributed by atoms with van der Waals surface area (Å²) in [6.07, 6.45) is 6.89. The predicted molar refractivity (Wildman–Crippen MR) is 90.7 cm³/mol. The number of hydrogen-bond donors (Lipinski definition) is 2. The van der Waals surface area contributed by atoms with E-state index in [0.717, 1.165) is 44.9 Å². The fraction of sp³-hybridized carbons (Fsp3) is 0.588. The molecule has 0 radical (unpaired) electrons. The molecule has 2 fully saturated rings. The van der Waals surface area contributed by atoms with Crippen LogP contribution in [0.5, 0.6) is 5.75 Å². The van der Waals surface area contributed by atoms with Gasteiger partial charge in [0.05, 0.1) is 7.11 Å². The predicted octanol–water partition coefficient (Wildman–Crippen LogP) is 2.20. The van der Waals surface area contributed by atoms with Crippen LogP contribution in [0.3, 0.4) is 0 Å². The maximum absolute atomic E-state index is 12.8. The number of carbonyl (C=O) groups is 1. The molecule has 1 amide bonds. The molecule has 2 aliphatic carbocycles. The summed E-state index contributed by atoms with van der Waals surface area (Å²) in [5, 5.41) is 2.87. The minimum absolute atomic E-state index is 0.0269. The molecule has 0 bridgehead atoms. The van der Waals surface area contributed by atoms with Crippen molar-refractivity contribution in [3.05, 3.63) is 23.8 Å². The van der Waals surface area contributed by atoms with Crippen molar-refractivity contribution < 1.29 is 17.9 Å². The SMILES string of the molecule is COc1ccc(C(=O)NC2CC2)cc1S(=O)(=O)NC1CCCCC1. The Morgan fingerprint density at radius 3 is 2.42 bits per heavy atom. The van der Waals surface area contributed by atoms with Crippen molar-refractivity contribution in [2.75, 3.05) is 7.11 Å². The van der Waals surface area contributed by atoms with Crippen LogP contribution < -0.4 is 14.8 Å². The van der Waals surface area contributed by atoms with E-state index in [9.17, 15) is 13.2 Å². The van der Waals surface area contributed by atoms with E-state index in [1.165, 1.54) is 19.2 Å². The quantitative estimate of drug-likeness (QED) is 0.822. The van der Waals surface area contributed by atoms with Gasteiger partial charge in [-0.25, -0.2) is 13.1 Å². The van der Waals surface area contributed by atoms with E-state index in [2.05, 4.69) is 10.0 Å². The Morgan fingerprint density at radius 1 is 1.08 bits per heavy atom. The van der Waals surface area contributed by atoms with Gasteiger partial charge >= 0.3 is 0 Å². The van der Waals surface area contributed by atoms with Crippen LogP contribution in [-0.2, 0) is 10.0 Å². The maximum Gasteiger partial charge on any atom is 0.251 e. The van der Waals surface area contributed by atoms with Crippen molar-refractivity contribution in [1.82, 2.24) is 10.0 Å². The number of benzene rings is 1. The van der Waals surface area contributed by atoms with E-state index < -0.39 is 10.0 Å². The van der Waals surface area contributed by atoms with Crippen molar-refractivity contribution in [3.8, 4) is 5.75 Å². The summed E-state index contributed by atoms with van der Waals surface area (Å²) in [6, 6.07) is 4.72. The van der Waals surface area contributed by atoms with Crippen LogP contribution in [0.2, 0.25) is 0 Å². The average Bonchev–Trinajstić information content (AvgIpc) is 3.38. The topological polar surface area (TPSA) is 84.5 Å². The fourth-order valence-electron chi connectivity index (χ4n) is 3.03. The largest absolute Gasteiger partial charge is 0.495 e. The van der Waals surface area contributed by atoms with E-state index in [1.807, 2.05) is 0 Å². The second-order valence-electron chi connectivity index (χ2n) is 6.57. The Morgan fingerprint density at radius 2 is 1.79 bits per heavy atom. The molecule has 7 heteroatoms. The van der Waals surface area contributed by atoms with Crippen molar-refractivity contribution in [3.63, 3.8) is 0 Å². The van der Waals surface area contributed by atoms with Gasteiger partial charge in [0.25, 0.3) is 5.91 Å². The molecule has 1 aromatic rings. The van der Waals surface area contributed by atoms with Gasteiger partial charge in [0, 0.05) is 17.6 Å². The van der Waals surface area contributed by atoms with Crippen molar-refractivity contribution in [2.24, 2.45) is 0 Å². The van der Waals surface area contributed by atoms with Crippen LogP contribution in [0.1, 0.15) is 55.3 Å². The molecule has 0 unspecified atom stereocenters. The lowest BCUT2D eigenvalue weighted by Crippen LogP contribution is -2.36. The molecule has 0 heterocycles. The van der Waals surface area contributed by atoms with E-state index >= 15 is 0 Å². The van der Waals surface area contributed by atoms with E-state index in [0.29, 0.717) is 5.56 Å². The average molecular weight is 352 g/mol. The Hall–Kier alpha value is -1.60. The van der Waals surface area contributed by atoms with E-state index in [1.54, 1.807) is 6.07 Å². The minimum Gasteiger partial charge on any atom is -0.495 e. The third kappa shape index (κ3) is 4.08. The zero-order valence-corrected chi connectivity index (χ0v) is 14.7. The first-order valence-corrected chi connectivity index (χ1v) is 9.99. The number of hydrogen-bond acceptors (Lipinski definition) is 4. The summed E-state index contributed by atoms with van der Waals surface area (Å²) in [5.74, 6) is 0.00977. The normalized spacial score (nSPS) is 19.0. The summed E-state index contributed by atoms with van der Waals surface area (Å²) < 4.78 is 33.5. The van der Waals surface area contributed by atoms with Gasteiger partial charge in [0.15, 0.2) is 0 Å². The van der Waals surface area contributed by atoms with Gasteiger partial charge in [-0.15, -0.1) is 0 Å². The number of amides is 1. The van der Waals surface area contributed by atoms with E-state index in [-0.39, 0.29) is 28.6 Å². The van der Waals surface area contributed by atoms with Crippen LogP contribution in [-0.4, -0.2) is 33.5 Å². The van der Waals surface area contributed by atoms with Gasteiger partial charge < -0.3 is 10.1 Å². The fourth-order valence-corrected chi connectivity index (χ4v) is 4.53. The molecule has 0 spiro atoms. The lowest BCUT2D eigenvalue weighted by Gasteiger charge is -2.23. The van der Waals surface area contributed by atoms with Crippen molar-refractivity contribution in [1.29, 1.82) is 0 Å². The minimum atomic E-state index is -3.73. The number of rotatable bonds is 6. The summed E-state index contributed by atoms with van der Waals surface area (Å²) in [6.45, 7) is 0. The first kappa shape index (κ1) is 17.2. The van der Waals surface area contributed by atoms with Crippen LogP contribution in [0, 0.1) is 0 Å². The number of carbonyl (C=O) groups excluding carboxylic acids is 1. The number of sulfonamides is 1. The molecule has 2 saturated carbocycles. The molecule has 2 N–H and O–H groups in total. The molecule has 0 atom stereocenters. The van der Waals surface area contributed by atoms with Gasteiger partial charge in [0.2, 0.25) is 10.0 Å². The molecule has 1 aromatic carbocycles. The first-order valence-electron chi connectivity index (χ1n) is 8.51. The Kier molecular flexibility index (Phi) is 5.10. The third-order valence-electron chi connectivity index (χ3n) is 4.55. The lowest BCUT2D eigenvalue weighted by molar-refractivity contribution is 0.0951. The highest BCUT2D eigenvalue weighted by Gasteiger charge is 2.27. The second-order valence-corrected chi connectivity index (χ2v) is 8.25. The summed E-state index contributed by atoms with van der Waals surface area (Å²) in [4.78, 5) is 12.2. The van der Waals surface area contributed by atoms with Crippen LogP contribution >= 0.6 is 0 Å². The lowest BCUT2D eigenvalue weighted by atomic mass is 9.96. The van der Waals surface area contributed by atoms with Gasteiger partial charge in [0.1, 0.15) is 10.6 Å². The molecule has 2 aliphatic rings. The van der Waals surface area contributed by atoms with Gasteiger partial charge in [-0.3, -0.25) is 4.79 Å². The molecular weight excluding hydrogens is 328 g/mol. The highest BCUT2D eigenvalue weighted by Crippen LogP contribution is 2.27. The van der Waals surface area contributed by atoms with Gasteiger partial charge in [-0.05, 0) is 43.9 Å². The first-order chi connectivity index (χ1) is 11.5. The van der Waals surface area contributed by atoms with Crippen LogP contribution in [0.4, 0.5) is 0 Å². The Balaban J connectivity index is 1.84. The molecule has 0 aliphatic heterocycles. The molecular formula is C17H24N2O4S. The maximum atomic E-state index is 12.8. The summed E-state index contributed by atoms with van der Waals surface area (Å²) in [7, 11) is -2.30. The summed E-state index contributed by atoms with van der Waals surface area (Å²) in [5.41, 5.74) is 0.340. The molecule has 0 aromatic heterocycles. The number of methoxy groups -OCH3 is 1. The molecule has 0 saturated heterocycles. The Bertz CT molecular complexity index is 707. The highest BCUT2D eigenvalue weighted by atomic mass is 32.2. The van der Waals surface area contributed by atoms with Crippen molar-refractivity contribution in [2.45, 2.75) is 61.9 Å². The monoisotopic (exact) mass is 352 g/mol. The number of nitrogens with one attached hydrogen (secondary N) is 2. The zero-order valence-electron chi connectivity index (χ0n) is 13.9. The zero-order chi connectivity index (χ0) is 17.2.